The lowest BCUT2D eigenvalue weighted by Gasteiger charge is -2.25. The van der Waals surface area contributed by atoms with Crippen molar-refractivity contribution in [1.29, 1.82) is 0 Å². The number of ether oxygens (including phenoxy) is 2. The second-order valence-corrected chi connectivity index (χ2v) is 5.66. The fourth-order valence-corrected chi connectivity index (χ4v) is 3.29. The van der Waals surface area contributed by atoms with Gasteiger partial charge >= 0.3 is 0 Å². The lowest BCUT2D eigenvalue weighted by molar-refractivity contribution is 0.257. The number of allylic oxidation sites excluding steroid dienone is 1. The van der Waals surface area contributed by atoms with Gasteiger partial charge in [-0.05, 0) is 32.1 Å². The van der Waals surface area contributed by atoms with Gasteiger partial charge in [-0.15, -0.1) is 26.3 Å². The number of hydrogen-bond acceptors (Lipinski definition) is 2. The second-order valence-electron chi connectivity index (χ2n) is 5.66. The van der Waals surface area contributed by atoms with Crippen molar-refractivity contribution >= 4 is 0 Å². The molecule has 2 rings (SSSR count). The summed E-state index contributed by atoms with van der Waals surface area (Å²) in [5.41, 5.74) is -0.435. The van der Waals surface area contributed by atoms with E-state index in [1.807, 2.05) is 24.3 Å². The molecule has 0 N–H and O–H groups in total. The number of rotatable bonds is 11. The van der Waals surface area contributed by atoms with Crippen molar-refractivity contribution in [3.63, 3.8) is 0 Å². The molecule has 2 aliphatic heterocycles. The third-order valence-corrected chi connectivity index (χ3v) is 4.28. The molecule has 2 saturated heterocycles. The molecule has 1 radical (unpaired) electrons. The zero-order valence-electron chi connectivity index (χ0n) is 12.3. The van der Waals surface area contributed by atoms with E-state index in [0.717, 1.165) is 38.7 Å². The van der Waals surface area contributed by atoms with Crippen LogP contribution in [0.3, 0.4) is 0 Å². The summed E-state index contributed by atoms with van der Waals surface area (Å²) in [6.45, 7) is 16.4. The minimum atomic E-state index is -0.239. The first-order valence-electron chi connectivity index (χ1n) is 7.28. The highest BCUT2D eigenvalue weighted by molar-refractivity contribution is 5.34. The Morgan fingerprint density at radius 2 is 1.60 bits per heavy atom. The van der Waals surface area contributed by atoms with Crippen LogP contribution in [0.2, 0.25) is 0 Å². The van der Waals surface area contributed by atoms with E-state index in [1.54, 1.807) is 0 Å². The maximum Gasteiger partial charge on any atom is 0.109 e. The first-order chi connectivity index (χ1) is 9.68. The van der Waals surface area contributed by atoms with Gasteiger partial charge in [0.2, 0.25) is 0 Å². The molecule has 0 aromatic heterocycles. The molecule has 109 valence electrons. The van der Waals surface area contributed by atoms with E-state index < -0.39 is 0 Å². The summed E-state index contributed by atoms with van der Waals surface area (Å²) in [6, 6.07) is 0. The van der Waals surface area contributed by atoms with Gasteiger partial charge in [0.05, 0.1) is 12.7 Å². The maximum atomic E-state index is 6.30. The standard InChI is InChI=1S/C18H25O2/c1-5-9-15(13-16-14-19-16)18(12-8-4)17(20-18,10-6-2)11-7-3/h5-8,16H,1-4,9-14H2. The van der Waals surface area contributed by atoms with Crippen molar-refractivity contribution in [2.75, 3.05) is 6.61 Å². The van der Waals surface area contributed by atoms with E-state index in [-0.39, 0.29) is 11.2 Å². The van der Waals surface area contributed by atoms with E-state index in [2.05, 4.69) is 26.3 Å². The molecule has 0 aromatic carbocycles. The van der Waals surface area contributed by atoms with E-state index in [4.69, 9.17) is 9.47 Å². The summed E-state index contributed by atoms with van der Waals surface area (Å²) in [5.74, 6) is 1.37. The highest BCUT2D eigenvalue weighted by Gasteiger charge is 2.70. The van der Waals surface area contributed by atoms with Gasteiger partial charge < -0.3 is 9.47 Å². The largest absolute Gasteiger partial charge is 0.373 e. The SMILES string of the molecule is C=CC[C](CC1CO1)C1(CC=C)OC1(CC=C)CC=C. The molecule has 2 aliphatic rings. The van der Waals surface area contributed by atoms with Crippen molar-refractivity contribution in [2.24, 2.45) is 0 Å². The summed E-state index contributed by atoms with van der Waals surface area (Å²) in [5, 5.41) is 0. The molecule has 2 fully saturated rings. The van der Waals surface area contributed by atoms with E-state index >= 15 is 0 Å². The molecule has 20 heavy (non-hydrogen) atoms. The molecule has 0 bridgehead atoms. The van der Waals surface area contributed by atoms with Crippen molar-refractivity contribution in [2.45, 2.75) is 49.4 Å². The molecule has 0 saturated carbocycles. The van der Waals surface area contributed by atoms with Crippen LogP contribution in [-0.2, 0) is 9.47 Å². The van der Waals surface area contributed by atoms with Gasteiger partial charge in [0.1, 0.15) is 11.2 Å². The highest BCUT2D eigenvalue weighted by atomic mass is 16.6. The van der Waals surface area contributed by atoms with Crippen LogP contribution in [0.15, 0.2) is 50.6 Å². The van der Waals surface area contributed by atoms with Crippen LogP contribution in [0, 0.1) is 5.92 Å². The van der Waals surface area contributed by atoms with Gasteiger partial charge in [-0.1, -0.05) is 24.3 Å². The zero-order valence-corrected chi connectivity index (χ0v) is 12.3. The molecular formula is C18H25O2. The number of epoxide rings is 2. The molecular weight excluding hydrogens is 248 g/mol. The monoisotopic (exact) mass is 273 g/mol. The van der Waals surface area contributed by atoms with Gasteiger partial charge in [0.25, 0.3) is 0 Å². The van der Waals surface area contributed by atoms with Crippen LogP contribution in [0.5, 0.6) is 0 Å². The smallest absolute Gasteiger partial charge is 0.109 e. The normalized spacial score (nSPS) is 29.8. The molecule has 2 heterocycles. The van der Waals surface area contributed by atoms with Crippen LogP contribution in [0.4, 0.5) is 0 Å². The van der Waals surface area contributed by atoms with Crippen molar-refractivity contribution in [1.82, 2.24) is 0 Å². The summed E-state index contributed by atoms with van der Waals surface area (Å²) in [7, 11) is 0. The topological polar surface area (TPSA) is 25.1 Å². The van der Waals surface area contributed by atoms with Crippen LogP contribution in [0.1, 0.15) is 32.1 Å². The minimum absolute atomic E-state index is 0.197. The minimum Gasteiger partial charge on any atom is -0.373 e. The van der Waals surface area contributed by atoms with E-state index in [0.29, 0.717) is 6.10 Å². The van der Waals surface area contributed by atoms with Gasteiger partial charge in [0.15, 0.2) is 0 Å². The van der Waals surface area contributed by atoms with Crippen LogP contribution < -0.4 is 0 Å². The fraction of sp³-hybridized carbons (Fsp3) is 0.500. The average molecular weight is 273 g/mol. The second kappa shape index (κ2) is 6.11. The first-order valence-corrected chi connectivity index (χ1v) is 7.28. The summed E-state index contributed by atoms with van der Waals surface area (Å²) in [4.78, 5) is 0. The lowest BCUT2D eigenvalue weighted by Crippen LogP contribution is -2.32. The Morgan fingerprint density at radius 3 is 2.05 bits per heavy atom. The fourth-order valence-electron chi connectivity index (χ4n) is 3.29. The molecule has 2 unspecified atom stereocenters. The molecule has 2 nitrogen and oxygen atoms in total. The van der Waals surface area contributed by atoms with E-state index in [9.17, 15) is 0 Å². The molecule has 0 aliphatic carbocycles. The highest BCUT2D eigenvalue weighted by Crippen LogP contribution is 2.62. The Balaban J connectivity index is 2.22. The van der Waals surface area contributed by atoms with Crippen molar-refractivity contribution < 1.29 is 9.47 Å². The summed E-state index contributed by atoms with van der Waals surface area (Å²) < 4.78 is 11.7. The molecule has 2 heteroatoms. The Labute approximate surface area is 122 Å². The Hall–Kier alpha value is -1.12. The van der Waals surface area contributed by atoms with Gasteiger partial charge in [-0.3, -0.25) is 0 Å². The zero-order chi connectivity index (χ0) is 14.6. The molecule has 2 atom stereocenters. The Morgan fingerprint density at radius 1 is 1.00 bits per heavy atom. The predicted molar refractivity (Wildman–Crippen MR) is 83.4 cm³/mol. The average Bonchev–Trinajstić information content (AvgIpc) is 3.30. The van der Waals surface area contributed by atoms with E-state index in [1.165, 1.54) is 5.92 Å². The Kier molecular flexibility index (Phi) is 4.66. The predicted octanol–water partition coefficient (Wildman–Crippen LogP) is 4.16. The molecule has 0 amide bonds. The summed E-state index contributed by atoms with van der Waals surface area (Å²) >= 11 is 0. The van der Waals surface area contributed by atoms with Crippen LogP contribution in [-0.4, -0.2) is 23.9 Å². The van der Waals surface area contributed by atoms with Crippen molar-refractivity contribution in [3.05, 3.63) is 56.5 Å². The van der Waals surface area contributed by atoms with Crippen LogP contribution >= 0.6 is 0 Å². The third kappa shape index (κ3) is 2.68. The lowest BCUT2D eigenvalue weighted by atomic mass is 9.73. The molecule has 0 aromatic rings. The van der Waals surface area contributed by atoms with Gasteiger partial charge in [-0.25, -0.2) is 0 Å². The van der Waals surface area contributed by atoms with Gasteiger partial charge in [0, 0.05) is 5.92 Å². The van der Waals surface area contributed by atoms with Crippen LogP contribution in [0.25, 0.3) is 0 Å². The third-order valence-electron chi connectivity index (χ3n) is 4.28. The Bertz CT molecular complexity index is 384. The van der Waals surface area contributed by atoms with Gasteiger partial charge in [-0.2, -0.15) is 0 Å². The summed E-state index contributed by atoms with van der Waals surface area (Å²) in [6.07, 6.45) is 12.5. The first kappa shape index (κ1) is 15.3. The number of hydrogen-bond donors (Lipinski definition) is 0. The quantitative estimate of drug-likeness (QED) is 0.417. The molecule has 0 spiro atoms. The maximum absolute atomic E-state index is 6.30. The van der Waals surface area contributed by atoms with Crippen molar-refractivity contribution in [3.8, 4) is 0 Å².